The van der Waals surface area contributed by atoms with E-state index in [0.29, 0.717) is 5.75 Å². The molecule has 0 bridgehead atoms. The second kappa shape index (κ2) is 5.84. The molecular weight excluding hydrogens is 298 g/mol. The van der Waals surface area contributed by atoms with Crippen LogP contribution in [0.1, 0.15) is 10.7 Å². The van der Waals surface area contributed by atoms with E-state index >= 15 is 0 Å². The molecule has 0 aliphatic carbocycles. The third-order valence-electron chi connectivity index (χ3n) is 3.14. The zero-order valence-electron chi connectivity index (χ0n) is 11.8. The van der Waals surface area contributed by atoms with E-state index in [1.165, 1.54) is 27.8 Å². The minimum absolute atomic E-state index is 0.397. The molecule has 0 fully saturated rings. The van der Waals surface area contributed by atoms with Crippen LogP contribution in [0.4, 0.5) is 0 Å². The lowest BCUT2D eigenvalue weighted by molar-refractivity contribution is 1.02. The molecule has 2 heterocycles. The van der Waals surface area contributed by atoms with Crippen molar-refractivity contribution < 1.29 is 0 Å². The summed E-state index contributed by atoms with van der Waals surface area (Å²) in [5, 5.41) is 10.8. The molecule has 0 aliphatic rings. The minimum atomic E-state index is 0.397. The number of nitriles is 1. The Labute approximate surface area is 131 Å². The Morgan fingerprint density at radius 2 is 1.95 bits per heavy atom. The van der Waals surface area contributed by atoms with Crippen LogP contribution in [0.15, 0.2) is 35.4 Å². The van der Waals surface area contributed by atoms with Gasteiger partial charge in [0.1, 0.15) is 15.7 Å². The number of hydrogen-bond acceptors (Lipinski definition) is 5. The molecule has 0 atom stereocenters. The number of rotatable bonds is 3. The average molecular weight is 311 g/mol. The Kier molecular flexibility index (Phi) is 3.91. The number of thiophene rings is 1. The predicted molar refractivity (Wildman–Crippen MR) is 88.7 cm³/mol. The minimum Gasteiger partial charge on any atom is -0.226 e. The fraction of sp³-hybridized carbons (Fsp3) is 0.188. The molecule has 0 spiro atoms. The molecule has 0 saturated carbocycles. The summed E-state index contributed by atoms with van der Waals surface area (Å²) < 4.78 is 0. The molecule has 3 nitrogen and oxygen atoms in total. The molecule has 5 heteroatoms. The van der Waals surface area contributed by atoms with Crippen molar-refractivity contribution >= 4 is 33.3 Å². The zero-order valence-corrected chi connectivity index (χ0v) is 13.4. The average Bonchev–Trinajstić information content (AvgIpc) is 2.81. The molecule has 104 valence electrons. The standard InChI is InChI=1S/C16H13N3S2/c1-10-13(12-6-4-3-5-7-12)14-15(20-9-8-17)18-11(2)19-16(14)21-10/h3-7H,9H2,1-2H3. The Balaban J connectivity index is 2.29. The van der Waals surface area contributed by atoms with Gasteiger partial charge in [0.15, 0.2) is 0 Å². The highest BCUT2D eigenvalue weighted by atomic mass is 32.2. The summed E-state index contributed by atoms with van der Waals surface area (Å²) in [5.74, 6) is 1.15. The van der Waals surface area contributed by atoms with Crippen LogP contribution < -0.4 is 0 Å². The van der Waals surface area contributed by atoms with Crippen molar-refractivity contribution in [3.05, 3.63) is 41.0 Å². The first-order chi connectivity index (χ1) is 10.2. The van der Waals surface area contributed by atoms with Crippen LogP contribution >= 0.6 is 23.1 Å². The van der Waals surface area contributed by atoms with Crippen LogP contribution in [-0.4, -0.2) is 15.7 Å². The quantitative estimate of drug-likeness (QED) is 0.524. The summed E-state index contributed by atoms with van der Waals surface area (Å²) in [6.07, 6.45) is 0. The number of thioether (sulfide) groups is 1. The van der Waals surface area contributed by atoms with Gasteiger partial charge in [-0.05, 0) is 19.4 Å². The van der Waals surface area contributed by atoms with E-state index in [2.05, 4.69) is 35.1 Å². The molecular formula is C16H13N3S2. The third-order valence-corrected chi connectivity index (χ3v) is 4.98. The van der Waals surface area contributed by atoms with Gasteiger partial charge in [0.05, 0.1) is 17.2 Å². The first kappa shape index (κ1) is 14.1. The van der Waals surface area contributed by atoms with Gasteiger partial charge < -0.3 is 0 Å². The smallest absolute Gasteiger partial charge is 0.129 e. The van der Waals surface area contributed by atoms with Crippen LogP contribution in [0.25, 0.3) is 21.3 Å². The summed E-state index contributed by atoms with van der Waals surface area (Å²) in [7, 11) is 0. The van der Waals surface area contributed by atoms with Crippen molar-refractivity contribution in [1.82, 2.24) is 9.97 Å². The first-order valence-electron chi connectivity index (χ1n) is 6.53. The fourth-order valence-electron chi connectivity index (χ4n) is 2.34. The number of benzene rings is 1. The van der Waals surface area contributed by atoms with Crippen LogP contribution in [0.5, 0.6) is 0 Å². The Morgan fingerprint density at radius 3 is 2.67 bits per heavy atom. The van der Waals surface area contributed by atoms with E-state index < -0.39 is 0 Å². The lowest BCUT2D eigenvalue weighted by atomic mass is 10.0. The van der Waals surface area contributed by atoms with E-state index in [9.17, 15) is 0 Å². The number of aryl methyl sites for hydroxylation is 2. The topological polar surface area (TPSA) is 49.6 Å². The van der Waals surface area contributed by atoms with Crippen molar-refractivity contribution in [2.45, 2.75) is 18.9 Å². The van der Waals surface area contributed by atoms with Gasteiger partial charge in [0, 0.05) is 10.4 Å². The van der Waals surface area contributed by atoms with Crippen molar-refractivity contribution in [2.24, 2.45) is 0 Å². The van der Waals surface area contributed by atoms with Gasteiger partial charge in [-0.3, -0.25) is 0 Å². The number of hydrogen-bond donors (Lipinski definition) is 0. The van der Waals surface area contributed by atoms with Crippen molar-refractivity contribution in [1.29, 1.82) is 5.26 Å². The van der Waals surface area contributed by atoms with E-state index in [-0.39, 0.29) is 0 Å². The number of aromatic nitrogens is 2. The monoisotopic (exact) mass is 311 g/mol. The normalized spacial score (nSPS) is 10.7. The summed E-state index contributed by atoms with van der Waals surface area (Å²) in [4.78, 5) is 11.3. The Hall–Kier alpha value is -1.90. The first-order valence-corrected chi connectivity index (χ1v) is 8.34. The fourth-order valence-corrected chi connectivity index (χ4v) is 4.24. The van der Waals surface area contributed by atoms with Crippen molar-refractivity contribution in [3.8, 4) is 17.2 Å². The molecule has 0 N–H and O–H groups in total. The van der Waals surface area contributed by atoms with E-state index in [1.54, 1.807) is 11.3 Å². The van der Waals surface area contributed by atoms with E-state index in [0.717, 1.165) is 21.1 Å². The largest absolute Gasteiger partial charge is 0.226 e. The van der Waals surface area contributed by atoms with Gasteiger partial charge in [0.25, 0.3) is 0 Å². The van der Waals surface area contributed by atoms with Crippen molar-refractivity contribution in [3.63, 3.8) is 0 Å². The van der Waals surface area contributed by atoms with Crippen LogP contribution in [0.2, 0.25) is 0 Å². The summed E-state index contributed by atoms with van der Waals surface area (Å²) in [6.45, 7) is 4.01. The molecule has 21 heavy (non-hydrogen) atoms. The molecule has 3 aromatic rings. The number of fused-ring (bicyclic) bond motifs is 1. The lowest BCUT2D eigenvalue weighted by Crippen LogP contribution is -1.92. The van der Waals surface area contributed by atoms with Crippen molar-refractivity contribution in [2.75, 3.05) is 5.75 Å². The van der Waals surface area contributed by atoms with Gasteiger partial charge in [-0.2, -0.15) is 5.26 Å². The summed E-state index contributed by atoms with van der Waals surface area (Å²) in [5.41, 5.74) is 2.36. The second-order valence-corrected chi connectivity index (χ2v) is 6.77. The second-order valence-electron chi connectivity index (χ2n) is 4.60. The molecule has 0 unspecified atom stereocenters. The van der Waals surface area contributed by atoms with Crippen LogP contribution in [-0.2, 0) is 0 Å². The molecule has 3 rings (SSSR count). The molecule has 0 amide bonds. The Morgan fingerprint density at radius 1 is 1.19 bits per heavy atom. The highest BCUT2D eigenvalue weighted by Crippen LogP contribution is 2.41. The van der Waals surface area contributed by atoms with Gasteiger partial charge in [-0.15, -0.1) is 11.3 Å². The SMILES string of the molecule is Cc1nc(SCC#N)c2c(-c3ccccc3)c(C)sc2n1. The summed E-state index contributed by atoms with van der Waals surface area (Å²) in [6, 6.07) is 12.5. The molecule has 0 saturated heterocycles. The maximum atomic E-state index is 8.85. The molecule has 1 aromatic carbocycles. The molecule has 0 radical (unpaired) electrons. The van der Waals surface area contributed by atoms with Gasteiger partial charge in [-0.25, -0.2) is 9.97 Å². The third kappa shape index (κ3) is 2.65. The van der Waals surface area contributed by atoms with Crippen LogP contribution in [0, 0.1) is 25.2 Å². The van der Waals surface area contributed by atoms with Gasteiger partial charge >= 0.3 is 0 Å². The van der Waals surface area contributed by atoms with E-state index in [4.69, 9.17) is 5.26 Å². The predicted octanol–water partition coefficient (Wildman–Crippen LogP) is 4.59. The van der Waals surface area contributed by atoms with E-state index in [1.807, 2.05) is 25.1 Å². The summed E-state index contributed by atoms with van der Waals surface area (Å²) >= 11 is 3.17. The lowest BCUT2D eigenvalue weighted by Gasteiger charge is -2.06. The highest BCUT2D eigenvalue weighted by molar-refractivity contribution is 7.99. The molecule has 0 aliphatic heterocycles. The zero-order chi connectivity index (χ0) is 14.8. The van der Waals surface area contributed by atoms with Crippen LogP contribution in [0.3, 0.4) is 0 Å². The van der Waals surface area contributed by atoms with Gasteiger partial charge in [0.2, 0.25) is 0 Å². The number of nitrogens with zero attached hydrogens (tertiary/aromatic N) is 3. The maximum absolute atomic E-state index is 8.85. The molecule has 2 aromatic heterocycles. The van der Waals surface area contributed by atoms with Gasteiger partial charge in [-0.1, -0.05) is 42.1 Å². The Bertz CT molecular complexity index is 832. The maximum Gasteiger partial charge on any atom is 0.129 e. The highest BCUT2D eigenvalue weighted by Gasteiger charge is 2.17.